The Morgan fingerprint density at radius 2 is 2.07 bits per heavy atom. The van der Waals surface area contributed by atoms with E-state index in [0.717, 1.165) is 5.75 Å². The molecule has 0 spiro atoms. The van der Waals surface area contributed by atoms with Gasteiger partial charge in [0.1, 0.15) is 0 Å². The molecule has 1 rings (SSSR count). The number of carbonyl (C=O) groups excluding carboxylic acids is 1. The normalized spacial score (nSPS) is 9.86. The van der Waals surface area contributed by atoms with E-state index in [2.05, 4.69) is 36.6 Å². The first-order valence-corrected chi connectivity index (χ1v) is 5.40. The first-order valence-electron chi connectivity index (χ1n) is 4.41. The summed E-state index contributed by atoms with van der Waals surface area (Å²) in [5.41, 5.74) is 3.35. The third kappa shape index (κ3) is 3.81. The molecule has 1 aromatic rings. The van der Waals surface area contributed by atoms with E-state index < -0.39 is 0 Å². The zero-order valence-electron chi connectivity index (χ0n) is 8.12. The van der Waals surface area contributed by atoms with E-state index in [4.69, 9.17) is 5.84 Å². The van der Waals surface area contributed by atoms with Gasteiger partial charge in [-0.2, -0.15) is 0 Å². The Morgan fingerprint density at radius 3 is 2.64 bits per heavy atom. The number of hydrogen-bond acceptors (Lipinski definition) is 3. The fraction of sp³-hybridized carbons (Fsp3) is 0.300. The first kappa shape index (κ1) is 11.1. The summed E-state index contributed by atoms with van der Waals surface area (Å²) in [7, 11) is 0. The molecule has 0 unspecified atom stereocenters. The molecule has 0 saturated carbocycles. The minimum absolute atomic E-state index is 0.121. The van der Waals surface area contributed by atoms with Crippen LogP contribution in [-0.2, 0) is 4.79 Å². The maximum absolute atomic E-state index is 10.8. The number of carbonyl (C=O) groups is 1. The second-order valence-electron chi connectivity index (χ2n) is 2.98. The van der Waals surface area contributed by atoms with Crippen molar-refractivity contribution in [2.24, 2.45) is 5.84 Å². The lowest BCUT2D eigenvalue weighted by Gasteiger charge is -2.01. The van der Waals surface area contributed by atoms with Gasteiger partial charge < -0.3 is 0 Å². The highest BCUT2D eigenvalue weighted by molar-refractivity contribution is 7.99. The Balaban J connectivity index is 2.31. The number of nitrogens with one attached hydrogen (secondary N) is 1. The SMILES string of the molecule is Cc1ccc(SCCC(=O)NN)cc1. The van der Waals surface area contributed by atoms with Crippen molar-refractivity contribution in [2.45, 2.75) is 18.2 Å². The Labute approximate surface area is 88.0 Å². The van der Waals surface area contributed by atoms with E-state index in [-0.39, 0.29) is 5.91 Å². The molecule has 0 heterocycles. The molecule has 0 atom stereocenters. The van der Waals surface area contributed by atoms with Gasteiger partial charge in [-0.1, -0.05) is 17.7 Å². The largest absolute Gasteiger partial charge is 0.294 e. The van der Waals surface area contributed by atoms with Crippen LogP contribution >= 0.6 is 11.8 Å². The van der Waals surface area contributed by atoms with Crippen LogP contribution in [-0.4, -0.2) is 11.7 Å². The molecule has 1 aromatic carbocycles. The van der Waals surface area contributed by atoms with Crippen molar-refractivity contribution in [1.82, 2.24) is 5.43 Å². The number of rotatable bonds is 4. The molecule has 0 saturated heterocycles. The van der Waals surface area contributed by atoms with Gasteiger partial charge in [-0.3, -0.25) is 10.2 Å². The van der Waals surface area contributed by atoms with E-state index in [0.29, 0.717) is 6.42 Å². The molecule has 0 bridgehead atoms. The van der Waals surface area contributed by atoms with Crippen molar-refractivity contribution in [1.29, 1.82) is 0 Å². The Bertz CT molecular complexity index is 297. The zero-order chi connectivity index (χ0) is 10.4. The van der Waals surface area contributed by atoms with Gasteiger partial charge in [-0.25, -0.2) is 5.84 Å². The molecular weight excluding hydrogens is 196 g/mol. The lowest BCUT2D eigenvalue weighted by Crippen LogP contribution is -2.30. The van der Waals surface area contributed by atoms with Crippen LogP contribution in [0.2, 0.25) is 0 Å². The number of nitrogens with two attached hydrogens (primary N) is 1. The van der Waals surface area contributed by atoms with Gasteiger partial charge in [-0.15, -0.1) is 11.8 Å². The smallest absolute Gasteiger partial charge is 0.234 e. The van der Waals surface area contributed by atoms with Crippen LogP contribution in [0, 0.1) is 6.92 Å². The van der Waals surface area contributed by atoms with Crippen LogP contribution in [0.25, 0.3) is 0 Å². The maximum Gasteiger partial charge on any atom is 0.234 e. The third-order valence-electron chi connectivity index (χ3n) is 1.78. The van der Waals surface area contributed by atoms with Crippen molar-refractivity contribution in [2.75, 3.05) is 5.75 Å². The van der Waals surface area contributed by atoms with Crippen LogP contribution in [0.1, 0.15) is 12.0 Å². The molecule has 0 aliphatic heterocycles. The number of hydrogen-bond donors (Lipinski definition) is 2. The summed E-state index contributed by atoms with van der Waals surface area (Å²) in [4.78, 5) is 12.0. The van der Waals surface area contributed by atoms with Gasteiger partial charge >= 0.3 is 0 Å². The van der Waals surface area contributed by atoms with Crippen molar-refractivity contribution in [3.05, 3.63) is 29.8 Å². The summed E-state index contributed by atoms with van der Waals surface area (Å²) in [5.74, 6) is 5.60. The van der Waals surface area contributed by atoms with Crippen LogP contribution in [0.3, 0.4) is 0 Å². The fourth-order valence-electron chi connectivity index (χ4n) is 0.968. The standard InChI is InChI=1S/C10H14N2OS/c1-8-2-4-9(5-3-8)14-7-6-10(13)12-11/h2-5H,6-7,11H2,1H3,(H,12,13). The molecule has 4 heteroatoms. The van der Waals surface area contributed by atoms with Gasteiger partial charge in [0.15, 0.2) is 0 Å². The van der Waals surface area contributed by atoms with Gasteiger partial charge in [0.2, 0.25) is 5.91 Å². The fourth-order valence-corrected chi connectivity index (χ4v) is 1.82. The third-order valence-corrected chi connectivity index (χ3v) is 2.79. The van der Waals surface area contributed by atoms with Crippen LogP contribution < -0.4 is 11.3 Å². The number of aryl methyl sites for hydroxylation is 1. The highest BCUT2D eigenvalue weighted by Crippen LogP contribution is 2.18. The van der Waals surface area contributed by atoms with Crippen molar-refractivity contribution >= 4 is 17.7 Å². The average Bonchev–Trinajstić information content (AvgIpc) is 2.21. The minimum Gasteiger partial charge on any atom is -0.294 e. The van der Waals surface area contributed by atoms with Crippen LogP contribution in [0.15, 0.2) is 29.2 Å². The molecule has 0 aliphatic rings. The second-order valence-corrected chi connectivity index (χ2v) is 4.15. The molecular formula is C10H14N2OS. The topological polar surface area (TPSA) is 55.1 Å². The Kier molecular flexibility index (Phi) is 4.49. The number of thioether (sulfide) groups is 1. The molecule has 0 aliphatic carbocycles. The van der Waals surface area contributed by atoms with E-state index >= 15 is 0 Å². The van der Waals surface area contributed by atoms with Crippen molar-refractivity contribution < 1.29 is 4.79 Å². The van der Waals surface area contributed by atoms with Gasteiger partial charge in [0.25, 0.3) is 0 Å². The van der Waals surface area contributed by atoms with Crippen LogP contribution in [0.4, 0.5) is 0 Å². The quantitative estimate of drug-likeness (QED) is 0.342. The van der Waals surface area contributed by atoms with Crippen LogP contribution in [0.5, 0.6) is 0 Å². The predicted octanol–water partition coefficient (Wildman–Crippen LogP) is 1.47. The number of amides is 1. The summed E-state index contributed by atoms with van der Waals surface area (Å²) in [6.07, 6.45) is 0.453. The lowest BCUT2D eigenvalue weighted by molar-refractivity contribution is -0.120. The van der Waals surface area contributed by atoms with Gasteiger partial charge in [-0.05, 0) is 19.1 Å². The summed E-state index contributed by atoms with van der Waals surface area (Å²) in [5, 5.41) is 0. The highest BCUT2D eigenvalue weighted by atomic mass is 32.2. The second kappa shape index (κ2) is 5.67. The lowest BCUT2D eigenvalue weighted by atomic mass is 10.2. The van der Waals surface area contributed by atoms with E-state index in [1.54, 1.807) is 11.8 Å². The number of benzene rings is 1. The van der Waals surface area contributed by atoms with E-state index in [9.17, 15) is 4.79 Å². The van der Waals surface area contributed by atoms with Gasteiger partial charge in [0, 0.05) is 17.1 Å². The highest BCUT2D eigenvalue weighted by Gasteiger charge is 1.98. The zero-order valence-corrected chi connectivity index (χ0v) is 8.93. The molecule has 3 N–H and O–H groups in total. The first-order chi connectivity index (χ1) is 6.72. The molecule has 0 fully saturated rings. The van der Waals surface area contributed by atoms with Crippen molar-refractivity contribution in [3.8, 4) is 0 Å². The molecule has 76 valence electrons. The Hall–Kier alpha value is -1.00. The molecule has 0 aromatic heterocycles. The van der Waals surface area contributed by atoms with Gasteiger partial charge in [0.05, 0.1) is 0 Å². The molecule has 1 amide bonds. The summed E-state index contributed by atoms with van der Waals surface area (Å²) in [6, 6.07) is 8.23. The van der Waals surface area contributed by atoms with E-state index in [1.165, 1.54) is 10.5 Å². The minimum atomic E-state index is -0.121. The Morgan fingerprint density at radius 1 is 1.43 bits per heavy atom. The maximum atomic E-state index is 10.8. The van der Waals surface area contributed by atoms with E-state index in [1.807, 2.05) is 0 Å². The molecule has 14 heavy (non-hydrogen) atoms. The molecule has 0 radical (unpaired) electrons. The average molecular weight is 210 g/mol. The predicted molar refractivity (Wildman–Crippen MR) is 58.9 cm³/mol. The molecule has 3 nitrogen and oxygen atoms in total. The van der Waals surface area contributed by atoms with Crippen molar-refractivity contribution in [3.63, 3.8) is 0 Å². The summed E-state index contributed by atoms with van der Waals surface area (Å²) in [6.45, 7) is 2.05. The summed E-state index contributed by atoms with van der Waals surface area (Å²) < 4.78 is 0. The monoisotopic (exact) mass is 210 g/mol. The number of hydrazine groups is 1. The summed E-state index contributed by atoms with van der Waals surface area (Å²) >= 11 is 1.66.